The van der Waals surface area contributed by atoms with Crippen LogP contribution in [0, 0.1) is 34.6 Å². The number of benzene rings is 2. The molecule has 2 aromatic carbocycles. The molecule has 0 radical (unpaired) electrons. The second kappa shape index (κ2) is 8.37. The van der Waals surface area contributed by atoms with Crippen LogP contribution in [0.15, 0.2) is 40.6 Å². The molecule has 0 amide bonds. The molecule has 0 spiro atoms. The summed E-state index contributed by atoms with van der Waals surface area (Å²) in [6.07, 6.45) is 0. The summed E-state index contributed by atoms with van der Waals surface area (Å²) in [6, 6.07) is 10.2. The molecule has 3 aromatic rings. The fourth-order valence-electron chi connectivity index (χ4n) is 4.38. The van der Waals surface area contributed by atoms with Gasteiger partial charge in [-0.3, -0.25) is 0 Å². The van der Waals surface area contributed by atoms with E-state index in [0.29, 0.717) is 31.1 Å². The highest BCUT2D eigenvalue weighted by molar-refractivity contribution is 7.89. The summed E-state index contributed by atoms with van der Waals surface area (Å²) in [5, 5.41) is 3.05. The Morgan fingerprint density at radius 1 is 0.903 bits per heavy atom. The first kappa shape index (κ1) is 22.0. The largest absolute Gasteiger partial charge is 0.345 e. The van der Waals surface area contributed by atoms with Gasteiger partial charge in [0.05, 0.1) is 10.6 Å². The van der Waals surface area contributed by atoms with Crippen molar-refractivity contribution in [2.24, 2.45) is 0 Å². The highest BCUT2D eigenvalue weighted by atomic mass is 32.2. The van der Waals surface area contributed by atoms with Crippen molar-refractivity contribution < 1.29 is 8.42 Å². The van der Waals surface area contributed by atoms with Crippen LogP contribution in [0.4, 0.5) is 5.13 Å². The van der Waals surface area contributed by atoms with Gasteiger partial charge in [0.15, 0.2) is 5.13 Å². The molecule has 0 bridgehead atoms. The van der Waals surface area contributed by atoms with Crippen molar-refractivity contribution in [3.63, 3.8) is 0 Å². The van der Waals surface area contributed by atoms with Gasteiger partial charge in [0.1, 0.15) is 0 Å². The quantitative estimate of drug-likeness (QED) is 0.564. The normalized spacial score (nSPS) is 15.5. The van der Waals surface area contributed by atoms with Crippen LogP contribution in [0.3, 0.4) is 0 Å². The lowest BCUT2D eigenvalue weighted by Crippen LogP contribution is -2.48. The Labute approximate surface area is 189 Å². The third kappa shape index (κ3) is 4.14. The van der Waals surface area contributed by atoms with Crippen molar-refractivity contribution in [1.29, 1.82) is 0 Å². The first-order valence-corrected chi connectivity index (χ1v) is 12.9. The molecule has 0 N–H and O–H groups in total. The van der Waals surface area contributed by atoms with Gasteiger partial charge in [0, 0.05) is 37.1 Å². The highest BCUT2D eigenvalue weighted by Gasteiger charge is 2.31. The maximum atomic E-state index is 13.3. The summed E-state index contributed by atoms with van der Waals surface area (Å²) in [6.45, 7) is 12.2. The van der Waals surface area contributed by atoms with Gasteiger partial charge in [-0.1, -0.05) is 35.9 Å². The van der Waals surface area contributed by atoms with E-state index in [1.54, 1.807) is 15.6 Å². The van der Waals surface area contributed by atoms with Crippen LogP contribution in [0.25, 0.3) is 11.3 Å². The van der Waals surface area contributed by atoms with Gasteiger partial charge in [-0.05, 0) is 56.9 Å². The van der Waals surface area contributed by atoms with Crippen molar-refractivity contribution in [1.82, 2.24) is 9.29 Å². The van der Waals surface area contributed by atoms with E-state index < -0.39 is 10.0 Å². The number of sulfonamides is 1. The standard InChI is InChI=1S/C24H29N3O2S2/c1-16-13-18(3)23(19(4)14-16)31(28,29)27-11-9-26(10-12-27)24-25-22(15-30-24)21-8-6-7-17(2)20(21)5/h6-8,13-15H,9-12H2,1-5H3. The maximum absolute atomic E-state index is 13.3. The zero-order valence-electron chi connectivity index (χ0n) is 18.8. The Hall–Kier alpha value is -2.22. The SMILES string of the molecule is Cc1cc(C)c(S(=O)(=O)N2CCN(c3nc(-c4cccc(C)c4C)cs3)CC2)c(C)c1. The van der Waals surface area contributed by atoms with Crippen molar-refractivity contribution in [3.8, 4) is 11.3 Å². The zero-order valence-corrected chi connectivity index (χ0v) is 20.4. The summed E-state index contributed by atoms with van der Waals surface area (Å²) in [4.78, 5) is 7.52. The number of piperazine rings is 1. The van der Waals surface area contributed by atoms with Gasteiger partial charge in [0.25, 0.3) is 0 Å². The number of anilines is 1. The topological polar surface area (TPSA) is 53.5 Å². The van der Waals surface area contributed by atoms with Gasteiger partial charge < -0.3 is 4.90 Å². The molecule has 31 heavy (non-hydrogen) atoms. The molecule has 164 valence electrons. The van der Waals surface area contributed by atoms with E-state index in [1.807, 2.05) is 32.9 Å². The molecule has 1 aromatic heterocycles. The lowest BCUT2D eigenvalue weighted by molar-refractivity contribution is 0.384. The molecule has 5 nitrogen and oxygen atoms in total. The average molecular weight is 456 g/mol. The van der Waals surface area contributed by atoms with Crippen molar-refractivity contribution >= 4 is 26.5 Å². The molecule has 0 atom stereocenters. The van der Waals surface area contributed by atoms with E-state index in [0.717, 1.165) is 33.1 Å². The van der Waals surface area contributed by atoms with Gasteiger partial charge in [-0.2, -0.15) is 4.31 Å². The van der Waals surface area contributed by atoms with E-state index in [1.165, 1.54) is 11.1 Å². The summed E-state index contributed by atoms with van der Waals surface area (Å²) in [5.41, 5.74) is 7.38. The van der Waals surface area contributed by atoms with Crippen molar-refractivity contribution in [2.45, 2.75) is 39.5 Å². The fourth-order valence-corrected chi connectivity index (χ4v) is 7.10. The number of hydrogen-bond acceptors (Lipinski definition) is 5. The smallest absolute Gasteiger partial charge is 0.243 e. The van der Waals surface area contributed by atoms with E-state index in [2.05, 4.69) is 42.3 Å². The highest BCUT2D eigenvalue weighted by Crippen LogP contribution is 2.32. The second-order valence-corrected chi connectivity index (χ2v) is 11.1. The third-order valence-electron chi connectivity index (χ3n) is 6.08. The number of aryl methyl sites for hydroxylation is 4. The van der Waals surface area contributed by atoms with Crippen molar-refractivity contribution in [2.75, 3.05) is 31.1 Å². The number of aromatic nitrogens is 1. The van der Waals surface area contributed by atoms with Crippen LogP contribution in [-0.2, 0) is 10.0 Å². The van der Waals surface area contributed by atoms with E-state index in [-0.39, 0.29) is 0 Å². The molecule has 0 unspecified atom stereocenters. The van der Waals surface area contributed by atoms with Crippen molar-refractivity contribution in [3.05, 3.63) is 63.5 Å². The third-order valence-corrected chi connectivity index (χ3v) is 9.19. The minimum absolute atomic E-state index is 0.456. The molecule has 1 saturated heterocycles. The Morgan fingerprint density at radius 2 is 1.55 bits per heavy atom. The lowest BCUT2D eigenvalue weighted by atomic mass is 10.0. The minimum atomic E-state index is -3.50. The predicted octanol–water partition coefficient (Wildman–Crippen LogP) is 4.86. The van der Waals surface area contributed by atoms with Gasteiger partial charge in [-0.15, -0.1) is 11.3 Å². The lowest BCUT2D eigenvalue weighted by Gasteiger charge is -2.34. The van der Waals surface area contributed by atoms with Crippen LogP contribution < -0.4 is 4.90 Å². The molecule has 7 heteroatoms. The first-order valence-electron chi connectivity index (χ1n) is 10.5. The Balaban J connectivity index is 1.51. The molecule has 0 saturated carbocycles. The van der Waals surface area contributed by atoms with Crippen LogP contribution in [0.1, 0.15) is 27.8 Å². The van der Waals surface area contributed by atoms with E-state index in [4.69, 9.17) is 4.98 Å². The molecule has 0 aliphatic carbocycles. The molecule has 1 fully saturated rings. The number of rotatable bonds is 4. The zero-order chi connectivity index (χ0) is 22.3. The van der Waals surface area contributed by atoms with E-state index in [9.17, 15) is 8.42 Å². The first-order chi connectivity index (χ1) is 14.7. The van der Waals surface area contributed by atoms with Gasteiger partial charge >= 0.3 is 0 Å². The molecular weight excluding hydrogens is 426 g/mol. The minimum Gasteiger partial charge on any atom is -0.345 e. The molecular formula is C24H29N3O2S2. The van der Waals surface area contributed by atoms with Crippen LogP contribution >= 0.6 is 11.3 Å². The number of thiazole rings is 1. The van der Waals surface area contributed by atoms with Crippen LogP contribution in [-0.4, -0.2) is 43.9 Å². The summed E-state index contributed by atoms with van der Waals surface area (Å²) >= 11 is 1.62. The Kier molecular flexibility index (Phi) is 5.94. The second-order valence-electron chi connectivity index (χ2n) is 8.38. The number of nitrogens with zero attached hydrogens (tertiary/aromatic N) is 3. The van der Waals surface area contributed by atoms with Gasteiger partial charge in [0.2, 0.25) is 10.0 Å². The van der Waals surface area contributed by atoms with E-state index >= 15 is 0 Å². The summed E-state index contributed by atoms with van der Waals surface area (Å²) < 4.78 is 28.3. The fraction of sp³-hybridized carbons (Fsp3) is 0.375. The molecule has 4 rings (SSSR count). The molecule has 2 heterocycles. The van der Waals surface area contributed by atoms with Crippen LogP contribution in [0.5, 0.6) is 0 Å². The summed E-state index contributed by atoms with van der Waals surface area (Å²) in [7, 11) is -3.50. The van der Waals surface area contributed by atoms with Gasteiger partial charge in [-0.25, -0.2) is 13.4 Å². The Morgan fingerprint density at radius 3 is 2.19 bits per heavy atom. The average Bonchev–Trinajstić information content (AvgIpc) is 3.19. The van der Waals surface area contributed by atoms with Crippen LogP contribution in [0.2, 0.25) is 0 Å². The maximum Gasteiger partial charge on any atom is 0.243 e. The number of hydrogen-bond donors (Lipinski definition) is 0. The Bertz CT molecular complexity index is 1200. The monoisotopic (exact) mass is 455 g/mol. The molecule has 1 aliphatic rings. The summed E-state index contributed by atoms with van der Waals surface area (Å²) in [5.74, 6) is 0. The molecule has 1 aliphatic heterocycles. The predicted molar refractivity (Wildman–Crippen MR) is 129 cm³/mol.